The largest absolute Gasteiger partial charge is 0.441 e. The van der Waals surface area contributed by atoms with Crippen LogP contribution in [0.4, 0.5) is 0 Å². The number of hydrogen-bond donors (Lipinski definition) is 0. The molecule has 0 bridgehead atoms. The number of aromatic nitrogens is 1. The summed E-state index contributed by atoms with van der Waals surface area (Å²) in [6.07, 6.45) is 2.49. The molecule has 0 aliphatic carbocycles. The van der Waals surface area contributed by atoms with Crippen LogP contribution in [0.25, 0.3) is 11.5 Å². The normalized spacial score (nSPS) is 16.2. The summed E-state index contributed by atoms with van der Waals surface area (Å²) < 4.78 is 11.9. The van der Waals surface area contributed by atoms with Gasteiger partial charge in [0.05, 0.1) is 18.4 Å². The van der Waals surface area contributed by atoms with Crippen molar-refractivity contribution in [2.75, 3.05) is 13.1 Å². The number of oxazole rings is 1. The Morgan fingerprint density at radius 1 is 1.19 bits per heavy atom. The number of benzene rings is 1. The summed E-state index contributed by atoms with van der Waals surface area (Å²) in [4.78, 5) is 7.16. The SMILES string of the molecule is Cc1oc(-c2ccsc2)nc1CN1CCC(OCc2ccccc2)CC1. The molecule has 3 aromatic rings. The maximum Gasteiger partial charge on any atom is 0.227 e. The lowest BCUT2D eigenvalue weighted by Crippen LogP contribution is -2.36. The first kappa shape index (κ1) is 17.5. The van der Waals surface area contributed by atoms with Crippen LogP contribution < -0.4 is 0 Å². The minimum Gasteiger partial charge on any atom is -0.441 e. The van der Waals surface area contributed by atoms with Crippen molar-refractivity contribution in [1.29, 1.82) is 0 Å². The second kappa shape index (κ2) is 8.16. The molecule has 0 unspecified atom stereocenters. The number of rotatable bonds is 6. The average Bonchev–Trinajstić information content (AvgIpc) is 3.32. The minimum absolute atomic E-state index is 0.353. The van der Waals surface area contributed by atoms with Crippen LogP contribution in [0.3, 0.4) is 0 Å². The van der Waals surface area contributed by atoms with E-state index in [4.69, 9.17) is 14.1 Å². The molecule has 1 saturated heterocycles. The van der Waals surface area contributed by atoms with Gasteiger partial charge in [0.15, 0.2) is 0 Å². The highest BCUT2D eigenvalue weighted by molar-refractivity contribution is 7.08. The Balaban J connectivity index is 1.27. The van der Waals surface area contributed by atoms with Gasteiger partial charge in [-0.25, -0.2) is 4.98 Å². The number of likely N-dealkylation sites (tertiary alicyclic amines) is 1. The first-order valence-corrected chi connectivity index (χ1v) is 10.1. The van der Waals surface area contributed by atoms with Crippen molar-refractivity contribution in [2.45, 2.75) is 39.0 Å². The molecule has 2 aromatic heterocycles. The van der Waals surface area contributed by atoms with Gasteiger partial charge < -0.3 is 9.15 Å². The highest BCUT2D eigenvalue weighted by Gasteiger charge is 2.22. The lowest BCUT2D eigenvalue weighted by Gasteiger charge is -2.31. The molecule has 1 aliphatic heterocycles. The monoisotopic (exact) mass is 368 g/mol. The predicted octanol–water partition coefficient (Wildman–Crippen LogP) is 4.89. The Morgan fingerprint density at radius 2 is 2.00 bits per heavy atom. The van der Waals surface area contributed by atoms with Crippen LogP contribution >= 0.6 is 11.3 Å². The first-order valence-electron chi connectivity index (χ1n) is 9.14. The zero-order valence-electron chi connectivity index (χ0n) is 15.1. The van der Waals surface area contributed by atoms with Crippen LogP contribution in [0.2, 0.25) is 0 Å². The molecule has 1 fully saturated rings. The van der Waals surface area contributed by atoms with E-state index >= 15 is 0 Å². The van der Waals surface area contributed by atoms with Gasteiger partial charge in [0.1, 0.15) is 5.76 Å². The number of piperidine rings is 1. The van der Waals surface area contributed by atoms with E-state index in [2.05, 4.69) is 46.0 Å². The highest BCUT2D eigenvalue weighted by atomic mass is 32.1. The summed E-state index contributed by atoms with van der Waals surface area (Å²) in [6, 6.07) is 12.5. The number of ether oxygens (including phenoxy) is 1. The second-order valence-electron chi connectivity index (χ2n) is 6.81. The van der Waals surface area contributed by atoms with E-state index in [9.17, 15) is 0 Å². The fourth-order valence-corrected chi connectivity index (χ4v) is 3.95. The molecule has 26 heavy (non-hydrogen) atoms. The fourth-order valence-electron chi connectivity index (χ4n) is 3.32. The summed E-state index contributed by atoms with van der Waals surface area (Å²) in [5, 5.41) is 4.12. The van der Waals surface area contributed by atoms with Gasteiger partial charge in [0.2, 0.25) is 5.89 Å². The van der Waals surface area contributed by atoms with E-state index in [0.717, 1.165) is 55.4 Å². The third-order valence-electron chi connectivity index (χ3n) is 4.90. The zero-order chi connectivity index (χ0) is 17.8. The predicted molar refractivity (Wildman–Crippen MR) is 104 cm³/mol. The summed E-state index contributed by atoms with van der Waals surface area (Å²) in [7, 11) is 0. The zero-order valence-corrected chi connectivity index (χ0v) is 15.9. The summed E-state index contributed by atoms with van der Waals surface area (Å²) in [6.45, 7) is 5.65. The standard InChI is InChI=1S/C21H24N2O2S/c1-16-20(22-21(25-16)18-9-12-26-15-18)13-23-10-7-19(8-11-23)24-14-17-5-3-2-4-6-17/h2-6,9,12,15,19H,7-8,10-11,13-14H2,1H3. The van der Waals surface area contributed by atoms with Crippen LogP contribution in [-0.2, 0) is 17.9 Å². The molecule has 0 radical (unpaired) electrons. The molecule has 0 saturated carbocycles. The van der Waals surface area contributed by atoms with Gasteiger partial charge in [-0.2, -0.15) is 11.3 Å². The Morgan fingerprint density at radius 3 is 2.73 bits per heavy atom. The number of thiophene rings is 1. The quantitative estimate of drug-likeness (QED) is 0.621. The summed E-state index contributed by atoms with van der Waals surface area (Å²) in [5.41, 5.74) is 3.36. The molecule has 1 aromatic carbocycles. The van der Waals surface area contributed by atoms with Crippen LogP contribution in [0.1, 0.15) is 29.9 Å². The first-order chi connectivity index (χ1) is 12.8. The van der Waals surface area contributed by atoms with Crippen molar-refractivity contribution in [3.8, 4) is 11.5 Å². The van der Waals surface area contributed by atoms with Gasteiger partial charge >= 0.3 is 0 Å². The molecule has 0 spiro atoms. The molecule has 3 heterocycles. The van der Waals surface area contributed by atoms with Crippen molar-refractivity contribution < 1.29 is 9.15 Å². The summed E-state index contributed by atoms with van der Waals surface area (Å²) in [5.74, 6) is 1.66. The van der Waals surface area contributed by atoms with Crippen LogP contribution in [0, 0.1) is 6.92 Å². The third-order valence-corrected chi connectivity index (χ3v) is 5.58. The Labute approximate surface area is 158 Å². The molecule has 1 aliphatic rings. The topological polar surface area (TPSA) is 38.5 Å². The molecular weight excluding hydrogens is 344 g/mol. The Hall–Kier alpha value is -1.95. The van der Waals surface area contributed by atoms with Crippen molar-refractivity contribution in [2.24, 2.45) is 0 Å². The van der Waals surface area contributed by atoms with E-state index in [0.29, 0.717) is 12.7 Å². The van der Waals surface area contributed by atoms with Gasteiger partial charge in [-0.1, -0.05) is 30.3 Å². The average molecular weight is 369 g/mol. The van der Waals surface area contributed by atoms with Gasteiger partial charge in [-0.15, -0.1) is 0 Å². The van der Waals surface area contributed by atoms with Gasteiger partial charge in [0, 0.05) is 30.6 Å². The van der Waals surface area contributed by atoms with Crippen molar-refractivity contribution in [3.63, 3.8) is 0 Å². The van der Waals surface area contributed by atoms with Gasteiger partial charge in [0.25, 0.3) is 0 Å². The maximum absolute atomic E-state index is 6.08. The van der Waals surface area contributed by atoms with E-state index < -0.39 is 0 Å². The molecule has 0 atom stereocenters. The van der Waals surface area contributed by atoms with E-state index in [-0.39, 0.29) is 0 Å². The van der Waals surface area contributed by atoms with E-state index in [1.165, 1.54) is 5.56 Å². The van der Waals surface area contributed by atoms with Crippen LogP contribution in [0.5, 0.6) is 0 Å². The van der Waals surface area contributed by atoms with Crippen molar-refractivity contribution in [3.05, 3.63) is 64.2 Å². The van der Waals surface area contributed by atoms with Gasteiger partial charge in [-0.3, -0.25) is 4.90 Å². The summed E-state index contributed by atoms with van der Waals surface area (Å²) >= 11 is 1.66. The van der Waals surface area contributed by atoms with E-state index in [1.807, 2.05) is 13.0 Å². The highest BCUT2D eigenvalue weighted by Crippen LogP contribution is 2.25. The van der Waals surface area contributed by atoms with Crippen molar-refractivity contribution >= 4 is 11.3 Å². The molecule has 0 N–H and O–H groups in total. The van der Waals surface area contributed by atoms with Gasteiger partial charge in [-0.05, 0) is 36.8 Å². The fraction of sp³-hybridized carbons (Fsp3) is 0.381. The van der Waals surface area contributed by atoms with Crippen molar-refractivity contribution in [1.82, 2.24) is 9.88 Å². The molecule has 4 rings (SSSR count). The number of hydrogen-bond acceptors (Lipinski definition) is 5. The smallest absolute Gasteiger partial charge is 0.227 e. The van der Waals surface area contributed by atoms with E-state index in [1.54, 1.807) is 11.3 Å². The minimum atomic E-state index is 0.353. The molecule has 5 heteroatoms. The lowest BCUT2D eigenvalue weighted by atomic mass is 10.1. The third kappa shape index (κ3) is 4.23. The second-order valence-corrected chi connectivity index (χ2v) is 7.59. The Bertz CT molecular complexity index is 806. The molecule has 0 amide bonds. The maximum atomic E-state index is 6.08. The Kier molecular flexibility index (Phi) is 5.48. The molecular formula is C21H24N2O2S. The lowest BCUT2D eigenvalue weighted by molar-refractivity contribution is -0.00418. The number of aryl methyl sites for hydroxylation is 1. The molecule has 4 nitrogen and oxygen atoms in total. The van der Waals surface area contributed by atoms with Crippen LogP contribution in [-0.4, -0.2) is 29.1 Å². The number of nitrogens with zero attached hydrogens (tertiary/aromatic N) is 2. The van der Waals surface area contributed by atoms with Crippen LogP contribution in [0.15, 0.2) is 51.6 Å². The molecule has 136 valence electrons.